The minimum absolute atomic E-state index is 0.205. The number of anilines is 4. The van der Waals surface area contributed by atoms with Gasteiger partial charge in [-0.2, -0.15) is 0 Å². The van der Waals surface area contributed by atoms with Gasteiger partial charge in [-0.05, 0) is 57.7 Å². The van der Waals surface area contributed by atoms with Gasteiger partial charge in [0.25, 0.3) is 0 Å². The largest absolute Gasteiger partial charge is 0.395 e. The molecule has 37 heavy (non-hydrogen) atoms. The van der Waals surface area contributed by atoms with Crippen LogP contribution in [0, 0.1) is 6.92 Å². The summed E-state index contributed by atoms with van der Waals surface area (Å²) >= 11 is 0. The lowest BCUT2D eigenvalue weighted by Crippen LogP contribution is -2.47. The maximum absolute atomic E-state index is 10.3. The van der Waals surface area contributed by atoms with Gasteiger partial charge < -0.3 is 25.3 Å². The van der Waals surface area contributed by atoms with Crippen molar-refractivity contribution in [1.82, 2.24) is 24.8 Å². The molecule has 0 amide bonds. The second-order valence-corrected chi connectivity index (χ2v) is 10.5. The maximum Gasteiger partial charge on any atom is 0.229 e. The third kappa shape index (κ3) is 4.69. The summed E-state index contributed by atoms with van der Waals surface area (Å²) in [6.07, 6.45) is 5.92. The van der Waals surface area contributed by atoms with Crippen LogP contribution in [-0.4, -0.2) is 86.5 Å². The highest BCUT2D eigenvalue weighted by Crippen LogP contribution is 2.42. The normalized spacial score (nSPS) is 22.7. The molecule has 3 saturated heterocycles. The van der Waals surface area contributed by atoms with Crippen molar-refractivity contribution in [3.63, 3.8) is 0 Å². The first-order chi connectivity index (χ1) is 18.0. The van der Waals surface area contributed by atoms with E-state index in [4.69, 9.17) is 15.0 Å². The second kappa shape index (κ2) is 10.00. The van der Waals surface area contributed by atoms with E-state index in [0.717, 1.165) is 60.8 Å². The van der Waals surface area contributed by atoms with Crippen molar-refractivity contribution >= 4 is 34.2 Å². The highest BCUT2D eigenvalue weighted by molar-refractivity contribution is 5.90. The molecule has 2 bridgehead atoms. The number of pyridine rings is 2. The van der Waals surface area contributed by atoms with E-state index >= 15 is 0 Å². The number of fused-ring (bicyclic) bond motifs is 3. The van der Waals surface area contributed by atoms with Crippen molar-refractivity contribution in [3.8, 4) is 0 Å². The van der Waals surface area contributed by atoms with Gasteiger partial charge in [-0.1, -0.05) is 0 Å². The number of hydrogen-bond acceptors (Lipinski definition) is 10. The monoisotopic (exact) mass is 504 g/mol. The predicted octanol–water partition coefficient (Wildman–Crippen LogP) is 2.77. The number of nitrogens with one attached hydrogen (secondary N) is 1. The van der Waals surface area contributed by atoms with Gasteiger partial charge in [-0.25, -0.2) is 19.9 Å². The molecular formula is C27H36N8O2. The van der Waals surface area contributed by atoms with E-state index in [1.807, 2.05) is 25.3 Å². The van der Waals surface area contributed by atoms with Crippen molar-refractivity contribution in [3.05, 3.63) is 35.8 Å². The number of aromatic nitrogens is 4. The van der Waals surface area contributed by atoms with Gasteiger partial charge in [-0.3, -0.25) is 4.90 Å². The van der Waals surface area contributed by atoms with Crippen molar-refractivity contribution in [2.45, 2.75) is 57.7 Å². The average Bonchev–Trinajstić information content (AvgIpc) is 3.49. The summed E-state index contributed by atoms with van der Waals surface area (Å²) in [4.78, 5) is 26.2. The van der Waals surface area contributed by atoms with Gasteiger partial charge >= 0.3 is 0 Å². The van der Waals surface area contributed by atoms with Crippen LogP contribution >= 0.6 is 0 Å². The summed E-state index contributed by atoms with van der Waals surface area (Å²) in [5.41, 5.74) is 3.56. The number of piperazine rings is 1. The van der Waals surface area contributed by atoms with Crippen LogP contribution in [-0.2, 0) is 0 Å². The minimum Gasteiger partial charge on any atom is -0.395 e. The second-order valence-electron chi connectivity index (χ2n) is 10.5. The molecule has 3 aliphatic heterocycles. The van der Waals surface area contributed by atoms with Crippen LogP contribution in [0.1, 0.15) is 50.1 Å². The van der Waals surface area contributed by atoms with Crippen molar-refractivity contribution in [1.29, 1.82) is 0 Å². The molecule has 0 saturated carbocycles. The van der Waals surface area contributed by atoms with Crippen LogP contribution in [0.5, 0.6) is 0 Å². The number of hydrogen-bond donors (Lipinski definition) is 3. The zero-order valence-electron chi connectivity index (χ0n) is 21.6. The average molecular weight is 505 g/mol. The molecule has 196 valence electrons. The molecule has 0 spiro atoms. The van der Waals surface area contributed by atoms with Crippen LogP contribution in [0.25, 0.3) is 10.9 Å². The molecule has 10 nitrogen and oxygen atoms in total. The van der Waals surface area contributed by atoms with E-state index in [2.05, 4.69) is 31.1 Å². The Morgan fingerprint density at radius 1 is 1.03 bits per heavy atom. The fraction of sp³-hybridized carbons (Fsp3) is 0.556. The lowest BCUT2D eigenvalue weighted by molar-refractivity contribution is 0.188. The number of aliphatic hydroxyl groups is 2. The first kappa shape index (κ1) is 24.3. The van der Waals surface area contributed by atoms with E-state index in [1.165, 1.54) is 25.7 Å². The van der Waals surface area contributed by atoms with E-state index in [-0.39, 0.29) is 6.61 Å². The topological polar surface area (TPSA) is 114 Å². The smallest absolute Gasteiger partial charge is 0.229 e. The summed E-state index contributed by atoms with van der Waals surface area (Å²) in [5, 5.41) is 23.6. The quantitative estimate of drug-likeness (QED) is 0.444. The van der Waals surface area contributed by atoms with Crippen LogP contribution in [0.4, 0.5) is 23.3 Å². The van der Waals surface area contributed by atoms with Crippen LogP contribution in [0.15, 0.2) is 24.4 Å². The van der Waals surface area contributed by atoms with Crippen molar-refractivity contribution in [2.75, 3.05) is 54.4 Å². The van der Waals surface area contributed by atoms with Gasteiger partial charge in [0.15, 0.2) is 5.82 Å². The standard InChI is InChI=1S/C27H36N8O2/c1-17-23(34-11-9-33(10-12-34)13-14-36)7-8-24(29-17)31-27-28-16-19-15-22(18(2)37)30-26(25(19)32-27)35-20-3-4-21(35)6-5-20/h7-8,15-16,18,20-21,36-37H,3-6,9-14H2,1-2H3,(H,28,29,31,32). The third-order valence-electron chi connectivity index (χ3n) is 8.12. The highest BCUT2D eigenvalue weighted by atomic mass is 16.3. The molecule has 3 aromatic rings. The maximum atomic E-state index is 10.3. The SMILES string of the molecule is Cc1nc(Nc2ncc3cc(C(C)O)nc(N4C5CCC4CC5)c3n2)ccc1N1CCN(CCO)CC1. The number of β-amino-alcohol motifs (C(OH)–C–C–N with tert-alkyl or cyclic N) is 1. The molecular weight excluding hydrogens is 468 g/mol. The molecule has 0 aromatic carbocycles. The Kier molecular flexibility index (Phi) is 6.56. The number of aryl methyl sites for hydroxylation is 1. The molecule has 1 unspecified atom stereocenters. The fourth-order valence-electron chi connectivity index (χ4n) is 6.18. The molecule has 0 aliphatic carbocycles. The molecule has 10 heteroatoms. The van der Waals surface area contributed by atoms with Crippen LogP contribution in [0.2, 0.25) is 0 Å². The number of aliphatic hydroxyl groups excluding tert-OH is 2. The number of rotatable bonds is 7. The van der Waals surface area contributed by atoms with E-state index in [9.17, 15) is 10.2 Å². The minimum atomic E-state index is -0.649. The Labute approximate surface area is 217 Å². The Balaban J connectivity index is 1.26. The molecule has 6 rings (SSSR count). The Morgan fingerprint density at radius 3 is 2.41 bits per heavy atom. The Morgan fingerprint density at radius 2 is 1.76 bits per heavy atom. The molecule has 3 fully saturated rings. The molecule has 6 heterocycles. The van der Waals surface area contributed by atoms with E-state index in [0.29, 0.717) is 29.5 Å². The molecule has 0 radical (unpaired) electrons. The first-order valence-corrected chi connectivity index (χ1v) is 13.5. The molecule has 3 aromatic heterocycles. The lowest BCUT2D eigenvalue weighted by atomic mass is 10.0. The van der Waals surface area contributed by atoms with Gasteiger partial charge in [0.1, 0.15) is 11.3 Å². The van der Waals surface area contributed by atoms with Gasteiger partial charge in [-0.15, -0.1) is 0 Å². The van der Waals surface area contributed by atoms with Crippen LogP contribution < -0.4 is 15.1 Å². The first-order valence-electron chi connectivity index (χ1n) is 13.5. The van der Waals surface area contributed by atoms with Gasteiger partial charge in [0, 0.05) is 56.4 Å². The van der Waals surface area contributed by atoms with Gasteiger partial charge in [0.2, 0.25) is 5.95 Å². The van der Waals surface area contributed by atoms with Crippen LogP contribution in [0.3, 0.4) is 0 Å². The van der Waals surface area contributed by atoms with E-state index < -0.39 is 6.10 Å². The summed E-state index contributed by atoms with van der Waals surface area (Å²) in [6, 6.07) is 6.98. The Bertz CT molecular complexity index is 1260. The fourth-order valence-corrected chi connectivity index (χ4v) is 6.18. The zero-order valence-corrected chi connectivity index (χ0v) is 21.6. The molecule has 3 N–H and O–H groups in total. The third-order valence-corrected chi connectivity index (χ3v) is 8.12. The predicted molar refractivity (Wildman–Crippen MR) is 144 cm³/mol. The van der Waals surface area contributed by atoms with Gasteiger partial charge in [0.05, 0.1) is 29.8 Å². The zero-order chi connectivity index (χ0) is 25.5. The highest BCUT2D eigenvalue weighted by Gasteiger charge is 2.41. The summed E-state index contributed by atoms with van der Waals surface area (Å²) in [7, 11) is 0. The molecule has 1 atom stereocenters. The number of nitrogens with zero attached hydrogens (tertiary/aromatic N) is 7. The van der Waals surface area contributed by atoms with Crippen molar-refractivity contribution in [2.24, 2.45) is 0 Å². The summed E-state index contributed by atoms with van der Waals surface area (Å²) < 4.78 is 0. The molecule has 3 aliphatic rings. The lowest BCUT2D eigenvalue weighted by Gasteiger charge is -2.36. The van der Waals surface area contributed by atoms with Crippen molar-refractivity contribution < 1.29 is 10.2 Å². The van der Waals surface area contributed by atoms with E-state index in [1.54, 1.807) is 6.92 Å². The Hall–Kier alpha value is -3.08. The summed E-state index contributed by atoms with van der Waals surface area (Å²) in [5.74, 6) is 2.06. The summed E-state index contributed by atoms with van der Waals surface area (Å²) in [6.45, 7) is 8.45.